The highest BCUT2D eigenvalue weighted by Crippen LogP contribution is 2.29. The van der Waals surface area contributed by atoms with Gasteiger partial charge in [0.15, 0.2) is 0 Å². The monoisotopic (exact) mass is 491 g/mol. The zero-order chi connectivity index (χ0) is 25.2. The Bertz CT molecular complexity index is 1290. The second-order valence-electron chi connectivity index (χ2n) is 9.14. The number of rotatable bonds is 5. The summed E-state index contributed by atoms with van der Waals surface area (Å²) >= 11 is 0. The second-order valence-corrected chi connectivity index (χ2v) is 9.14. The van der Waals surface area contributed by atoms with E-state index in [1.54, 1.807) is 4.90 Å². The first-order chi connectivity index (χ1) is 17.4. The van der Waals surface area contributed by atoms with Gasteiger partial charge in [0.1, 0.15) is 5.82 Å². The van der Waals surface area contributed by atoms with Crippen LogP contribution in [0.25, 0.3) is 11.3 Å². The van der Waals surface area contributed by atoms with Gasteiger partial charge in [-0.2, -0.15) is 0 Å². The number of likely N-dealkylation sites (N-methyl/N-ethyl adjacent to an activating group) is 1. The number of nitrogens with zero attached hydrogens (tertiary/aromatic N) is 6. The van der Waals surface area contributed by atoms with E-state index in [0.717, 1.165) is 49.5 Å². The van der Waals surface area contributed by atoms with Crippen molar-refractivity contribution in [2.24, 2.45) is 0 Å². The number of amides is 2. The van der Waals surface area contributed by atoms with Crippen LogP contribution in [0.5, 0.6) is 0 Å². The molecule has 1 saturated heterocycles. The van der Waals surface area contributed by atoms with Crippen LogP contribution in [0.1, 0.15) is 16.8 Å². The molecule has 0 saturated carbocycles. The molecule has 2 aliphatic rings. The van der Waals surface area contributed by atoms with Crippen LogP contribution in [0.15, 0.2) is 48.7 Å². The van der Waals surface area contributed by atoms with Gasteiger partial charge in [-0.1, -0.05) is 0 Å². The molecule has 2 amide bonds. The lowest BCUT2D eigenvalue weighted by Gasteiger charge is -2.32. The minimum absolute atomic E-state index is 0.161. The fraction of sp³-hybridized carbons (Fsp3) is 0.320. The number of hydrogen-bond donors (Lipinski definition) is 1. The van der Waals surface area contributed by atoms with Crippen LogP contribution in [-0.2, 0) is 19.6 Å². The van der Waals surface area contributed by atoms with Gasteiger partial charge in [0.2, 0.25) is 5.82 Å². The van der Waals surface area contributed by atoms with Gasteiger partial charge in [0.25, 0.3) is 0 Å². The molecule has 5 rings (SSSR count). The van der Waals surface area contributed by atoms with E-state index in [2.05, 4.69) is 38.2 Å². The van der Waals surface area contributed by atoms with Crippen LogP contribution >= 0.6 is 0 Å². The number of nitrogens with one attached hydrogen (secondary N) is 1. The third kappa shape index (κ3) is 5.16. The Morgan fingerprint density at radius 1 is 1.11 bits per heavy atom. The minimum atomic E-state index is -0.595. The molecule has 0 aliphatic carbocycles. The zero-order valence-electron chi connectivity index (χ0n) is 19.9. The summed E-state index contributed by atoms with van der Waals surface area (Å²) in [6.07, 6.45) is 1.86. The van der Waals surface area contributed by atoms with Gasteiger partial charge in [-0.05, 0) is 54.6 Å². The number of aromatic nitrogens is 2. The third-order valence-electron chi connectivity index (χ3n) is 6.54. The number of nitro groups is 1. The number of pyridine rings is 2. The number of urea groups is 1. The Hall–Kier alpha value is -3.96. The van der Waals surface area contributed by atoms with Gasteiger partial charge in [0.05, 0.1) is 22.9 Å². The summed E-state index contributed by atoms with van der Waals surface area (Å²) in [7, 11) is 2.12. The molecule has 2 aliphatic heterocycles. The fourth-order valence-electron chi connectivity index (χ4n) is 4.46. The van der Waals surface area contributed by atoms with Crippen molar-refractivity contribution in [2.45, 2.75) is 19.6 Å². The number of piperazine rings is 1. The summed E-state index contributed by atoms with van der Waals surface area (Å²) in [5, 5.41) is 14.1. The molecule has 1 fully saturated rings. The van der Waals surface area contributed by atoms with Gasteiger partial charge < -0.3 is 9.80 Å². The average molecular weight is 492 g/mol. The molecule has 3 aromatic rings. The fourth-order valence-corrected chi connectivity index (χ4v) is 4.46. The molecule has 2 aromatic heterocycles. The Labute approximate surface area is 207 Å². The Kier molecular flexibility index (Phi) is 6.57. The quantitative estimate of drug-likeness (QED) is 0.430. The van der Waals surface area contributed by atoms with Gasteiger partial charge in [-0.15, -0.1) is 0 Å². The van der Waals surface area contributed by atoms with E-state index in [1.807, 2.05) is 6.20 Å². The lowest BCUT2D eigenvalue weighted by atomic mass is 10.1. The van der Waals surface area contributed by atoms with E-state index in [4.69, 9.17) is 0 Å². The van der Waals surface area contributed by atoms with Gasteiger partial charge >= 0.3 is 11.7 Å². The highest BCUT2D eigenvalue weighted by molar-refractivity contribution is 5.91. The number of carbonyl (C=O) groups excluding carboxylic acids is 1. The molecule has 10 nitrogen and oxygen atoms in total. The second kappa shape index (κ2) is 9.96. The van der Waals surface area contributed by atoms with E-state index in [9.17, 15) is 19.3 Å². The van der Waals surface area contributed by atoms with Crippen LogP contribution < -0.4 is 5.32 Å². The summed E-state index contributed by atoms with van der Waals surface area (Å²) in [6, 6.07) is 9.95. The Morgan fingerprint density at radius 2 is 1.86 bits per heavy atom. The first kappa shape index (κ1) is 23.8. The highest BCUT2D eigenvalue weighted by Gasteiger charge is 2.28. The third-order valence-corrected chi connectivity index (χ3v) is 6.54. The van der Waals surface area contributed by atoms with Crippen molar-refractivity contribution in [3.05, 3.63) is 81.4 Å². The molecule has 0 radical (unpaired) electrons. The maximum atomic E-state index is 13.3. The van der Waals surface area contributed by atoms with E-state index in [-0.39, 0.29) is 11.5 Å². The Morgan fingerprint density at radius 3 is 2.58 bits per heavy atom. The number of carbonyl (C=O) groups is 1. The Balaban J connectivity index is 1.29. The van der Waals surface area contributed by atoms with Crippen molar-refractivity contribution < 1.29 is 14.1 Å². The van der Waals surface area contributed by atoms with E-state index >= 15 is 0 Å². The molecule has 1 aromatic carbocycles. The number of hydrogen-bond acceptors (Lipinski definition) is 7. The van der Waals surface area contributed by atoms with E-state index in [0.29, 0.717) is 24.3 Å². The molecule has 36 heavy (non-hydrogen) atoms. The lowest BCUT2D eigenvalue weighted by Crippen LogP contribution is -2.43. The zero-order valence-corrected chi connectivity index (χ0v) is 19.9. The van der Waals surface area contributed by atoms with Crippen molar-refractivity contribution in [1.82, 2.24) is 24.7 Å². The van der Waals surface area contributed by atoms with E-state index < -0.39 is 16.8 Å². The molecule has 0 spiro atoms. The molecule has 0 bridgehead atoms. The predicted octanol–water partition coefficient (Wildman–Crippen LogP) is 3.49. The molecule has 186 valence electrons. The van der Waals surface area contributed by atoms with Crippen molar-refractivity contribution in [3.63, 3.8) is 0 Å². The first-order valence-corrected chi connectivity index (χ1v) is 11.7. The molecular formula is C25H26FN7O3. The molecule has 11 heteroatoms. The maximum Gasteiger partial charge on any atom is 0.323 e. The number of benzene rings is 1. The molecule has 4 heterocycles. The number of halogens is 1. The van der Waals surface area contributed by atoms with Crippen LogP contribution in [0.2, 0.25) is 0 Å². The van der Waals surface area contributed by atoms with Crippen molar-refractivity contribution in [2.75, 3.05) is 38.5 Å². The minimum Gasteiger partial charge on any atom is -0.314 e. The molecular weight excluding hydrogens is 465 g/mol. The topological polar surface area (TPSA) is 108 Å². The van der Waals surface area contributed by atoms with Gasteiger partial charge in [-0.25, -0.2) is 14.2 Å². The number of fused-ring (bicyclic) bond motifs is 1. The summed E-state index contributed by atoms with van der Waals surface area (Å²) in [5.74, 6) is -0.561. The largest absolute Gasteiger partial charge is 0.323 e. The molecule has 0 atom stereocenters. The van der Waals surface area contributed by atoms with Crippen LogP contribution in [0.4, 0.5) is 20.7 Å². The maximum absolute atomic E-state index is 13.3. The number of anilines is 1. The van der Waals surface area contributed by atoms with Crippen LogP contribution in [-0.4, -0.2) is 68.8 Å². The summed E-state index contributed by atoms with van der Waals surface area (Å²) < 4.78 is 13.3. The average Bonchev–Trinajstić information content (AvgIpc) is 3.29. The van der Waals surface area contributed by atoms with Crippen LogP contribution in [0.3, 0.4) is 0 Å². The van der Waals surface area contributed by atoms with Crippen molar-refractivity contribution in [1.29, 1.82) is 0 Å². The SMILES string of the molecule is CN1CCN(Cc2cnc3c(c2)CN(C(=O)Nc2nc(-c4ccc(F)cc4)ccc2[N+](=O)[O-])C3)CC1. The van der Waals surface area contributed by atoms with E-state index in [1.165, 1.54) is 36.4 Å². The summed E-state index contributed by atoms with van der Waals surface area (Å²) in [6.45, 7) is 5.56. The van der Waals surface area contributed by atoms with Crippen molar-refractivity contribution >= 4 is 17.5 Å². The molecule has 1 N–H and O–H groups in total. The smallest absolute Gasteiger partial charge is 0.314 e. The highest BCUT2D eigenvalue weighted by atomic mass is 19.1. The summed E-state index contributed by atoms with van der Waals surface area (Å²) in [4.78, 5) is 39.1. The van der Waals surface area contributed by atoms with Gasteiger partial charge in [0, 0.05) is 57.1 Å². The van der Waals surface area contributed by atoms with Crippen LogP contribution in [0, 0.1) is 15.9 Å². The van der Waals surface area contributed by atoms with Gasteiger partial charge in [-0.3, -0.25) is 25.3 Å². The normalized spacial score (nSPS) is 16.1. The first-order valence-electron chi connectivity index (χ1n) is 11.7. The molecule has 0 unspecified atom stereocenters. The standard InChI is InChI=1S/C25H26FN7O3/c1-30-8-10-31(11-9-30)14-17-12-19-15-32(16-22(19)27-13-17)25(34)29-24-23(33(35)36)7-6-21(28-24)18-2-4-20(26)5-3-18/h2-7,12-13H,8-11,14-16H2,1H3,(H,28,29,34). The summed E-state index contributed by atoms with van der Waals surface area (Å²) in [5.41, 5.74) is 3.53. The predicted molar refractivity (Wildman–Crippen MR) is 132 cm³/mol. The van der Waals surface area contributed by atoms with Crippen molar-refractivity contribution in [3.8, 4) is 11.3 Å². The lowest BCUT2D eigenvalue weighted by molar-refractivity contribution is -0.384.